The standard InChI is InChI=1S/C14H12O/c15-11-14(12-7-3-1-4-8-12)13-9-5-2-6-10-13/h1-11,14H/p+1. The first-order valence-corrected chi connectivity index (χ1v) is 4.99. The first-order chi connectivity index (χ1) is 7.42. The summed E-state index contributed by atoms with van der Waals surface area (Å²) < 4.78 is 0. The maximum absolute atomic E-state index is 9.31. The molecule has 2 rings (SSSR count). The largest absolute Gasteiger partial charge is 0.293 e. The molecule has 0 spiro atoms. The molecule has 0 saturated carbocycles. The summed E-state index contributed by atoms with van der Waals surface area (Å²) in [5, 5.41) is 0. The van der Waals surface area contributed by atoms with Crippen LogP contribution in [-0.4, -0.2) is 11.1 Å². The second-order valence-corrected chi connectivity index (χ2v) is 3.45. The summed E-state index contributed by atoms with van der Waals surface area (Å²) in [4.78, 5) is 9.31. The van der Waals surface area contributed by atoms with E-state index >= 15 is 0 Å². The van der Waals surface area contributed by atoms with Crippen LogP contribution < -0.4 is 0 Å². The van der Waals surface area contributed by atoms with E-state index in [9.17, 15) is 4.79 Å². The molecule has 0 fully saturated rings. The van der Waals surface area contributed by atoms with Crippen molar-refractivity contribution < 1.29 is 4.79 Å². The maximum Gasteiger partial charge on any atom is 0.293 e. The summed E-state index contributed by atoms with van der Waals surface area (Å²) in [6.07, 6.45) is 1.24. The maximum atomic E-state index is 9.31. The molecule has 0 amide bonds. The summed E-state index contributed by atoms with van der Waals surface area (Å²) in [6, 6.07) is 19.9. The normalized spacial score (nSPS) is 10.2. The average Bonchev–Trinajstić information content (AvgIpc) is 2.33. The lowest BCUT2D eigenvalue weighted by Gasteiger charge is -2.07. The predicted molar refractivity (Wildman–Crippen MR) is 62.7 cm³/mol. The van der Waals surface area contributed by atoms with Gasteiger partial charge in [0.1, 0.15) is 5.92 Å². The van der Waals surface area contributed by atoms with Gasteiger partial charge >= 0.3 is 0 Å². The molecule has 0 aliphatic heterocycles. The monoisotopic (exact) mass is 197 g/mol. The molecule has 15 heavy (non-hydrogen) atoms. The van der Waals surface area contributed by atoms with E-state index in [4.69, 9.17) is 0 Å². The molecule has 0 aliphatic carbocycles. The topological polar surface area (TPSA) is 21.4 Å². The zero-order chi connectivity index (χ0) is 10.5. The summed E-state index contributed by atoms with van der Waals surface area (Å²) in [5.74, 6) is -0.0348. The fraction of sp³-hybridized carbons (Fsp3) is 0.0714. The summed E-state index contributed by atoms with van der Waals surface area (Å²) in [7, 11) is 0. The smallest absolute Gasteiger partial charge is 0.286 e. The Hall–Kier alpha value is -1.89. The van der Waals surface area contributed by atoms with Crippen molar-refractivity contribution in [3.8, 4) is 0 Å². The van der Waals surface area contributed by atoms with Crippen molar-refractivity contribution in [1.29, 1.82) is 0 Å². The van der Waals surface area contributed by atoms with Crippen molar-refractivity contribution in [3.05, 3.63) is 71.8 Å². The van der Waals surface area contributed by atoms with Crippen molar-refractivity contribution in [2.45, 2.75) is 5.92 Å². The van der Waals surface area contributed by atoms with Gasteiger partial charge in [-0.15, -0.1) is 0 Å². The number of aldehydes is 1. The molecule has 0 heterocycles. The van der Waals surface area contributed by atoms with Gasteiger partial charge in [-0.1, -0.05) is 60.7 Å². The van der Waals surface area contributed by atoms with E-state index < -0.39 is 0 Å². The van der Waals surface area contributed by atoms with E-state index in [-0.39, 0.29) is 5.92 Å². The Morgan fingerprint density at radius 1 is 0.733 bits per heavy atom. The van der Waals surface area contributed by atoms with E-state index in [1.807, 2.05) is 60.7 Å². The molecule has 74 valence electrons. The summed E-state index contributed by atoms with van der Waals surface area (Å²) >= 11 is 0. The second-order valence-electron chi connectivity index (χ2n) is 3.45. The highest BCUT2D eigenvalue weighted by molar-refractivity contribution is 5.68. The molecule has 0 bridgehead atoms. The van der Waals surface area contributed by atoms with E-state index in [1.165, 1.54) is 6.29 Å². The Morgan fingerprint density at radius 2 is 1.13 bits per heavy atom. The Kier molecular flexibility index (Phi) is 2.93. The Bertz CT molecular complexity index is 380. The quantitative estimate of drug-likeness (QED) is 0.533. The third-order valence-electron chi connectivity index (χ3n) is 2.47. The zero-order valence-corrected chi connectivity index (χ0v) is 8.38. The molecule has 0 atom stereocenters. The Balaban J connectivity index is 2.38. The lowest BCUT2D eigenvalue weighted by molar-refractivity contribution is 0.675. The van der Waals surface area contributed by atoms with Gasteiger partial charge in [0.05, 0.1) is 0 Å². The van der Waals surface area contributed by atoms with Gasteiger partial charge in [0, 0.05) is 0 Å². The third-order valence-corrected chi connectivity index (χ3v) is 2.47. The van der Waals surface area contributed by atoms with Crippen molar-refractivity contribution in [2.24, 2.45) is 0 Å². The van der Waals surface area contributed by atoms with E-state index in [1.54, 1.807) is 0 Å². The zero-order valence-electron chi connectivity index (χ0n) is 8.38. The van der Waals surface area contributed by atoms with Crippen LogP contribution in [0.4, 0.5) is 0 Å². The lowest BCUT2D eigenvalue weighted by Crippen LogP contribution is -2.01. The molecule has 0 unspecified atom stereocenters. The first-order valence-electron chi connectivity index (χ1n) is 4.99. The molecule has 0 aliphatic rings. The molecule has 2 aromatic rings. The third kappa shape index (κ3) is 2.13. The Morgan fingerprint density at radius 3 is 1.47 bits per heavy atom. The van der Waals surface area contributed by atoms with E-state index in [0.717, 1.165) is 11.1 Å². The Labute approximate surface area is 89.4 Å². The number of hydrogen-bond acceptors (Lipinski definition) is 0. The van der Waals surface area contributed by atoms with Crippen LogP contribution >= 0.6 is 0 Å². The fourth-order valence-corrected chi connectivity index (χ4v) is 1.69. The minimum Gasteiger partial charge on any atom is -0.286 e. The van der Waals surface area contributed by atoms with Gasteiger partial charge in [-0.05, 0) is 11.1 Å². The van der Waals surface area contributed by atoms with Crippen LogP contribution in [0.2, 0.25) is 0 Å². The molecule has 0 aromatic heterocycles. The molecule has 0 radical (unpaired) electrons. The van der Waals surface area contributed by atoms with E-state index in [0.29, 0.717) is 0 Å². The summed E-state index contributed by atoms with van der Waals surface area (Å²) in [6.45, 7) is 0. The molecule has 2 aromatic carbocycles. The number of rotatable bonds is 3. The fourth-order valence-electron chi connectivity index (χ4n) is 1.69. The van der Waals surface area contributed by atoms with Gasteiger partial charge in [-0.3, -0.25) is 4.79 Å². The van der Waals surface area contributed by atoms with Crippen molar-refractivity contribution in [3.63, 3.8) is 0 Å². The average molecular weight is 197 g/mol. The molecule has 1 N–H and O–H groups in total. The SMILES string of the molecule is [OH+]=CC(c1ccccc1)c1ccccc1. The van der Waals surface area contributed by atoms with Crippen LogP contribution in [0.3, 0.4) is 0 Å². The van der Waals surface area contributed by atoms with Crippen LogP contribution in [-0.2, 0) is 0 Å². The molecular weight excluding hydrogens is 184 g/mol. The minimum absolute atomic E-state index is 0.0348. The lowest BCUT2D eigenvalue weighted by atomic mass is 9.93. The minimum atomic E-state index is -0.0348. The number of carbonyl (C=O) groups excluding carboxylic acids is 1. The van der Waals surface area contributed by atoms with Crippen molar-refractivity contribution >= 4 is 6.29 Å². The highest BCUT2D eigenvalue weighted by Crippen LogP contribution is 2.21. The van der Waals surface area contributed by atoms with Gasteiger partial charge in [0.2, 0.25) is 0 Å². The van der Waals surface area contributed by atoms with Crippen LogP contribution in [0.25, 0.3) is 0 Å². The van der Waals surface area contributed by atoms with Gasteiger partial charge in [-0.25, -0.2) is 0 Å². The molecule has 1 heteroatoms. The summed E-state index contributed by atoms with van der Waals surface area (Å²) in [5.41, 5.74) is 2.21. The molecule has 1 nitrogen and oxygen atoms in total. The molecule has 0 saturated heterocycles. The first kappa shape index (κ1) is 9.66. The van der Waals surface area contributed by atoms with Gasteiger partial charge < -0.3 is 0 Å². The van der Waals surface area contributed by atoms with Crippen molar-refractivity contribution in [2.75, 3.05) is 0 Å². The van der Waals surface area contributed by atoms with Crippen molar-refractivity contribution in [1.82, 2.24) is 0 Å². The molecular formula is C14H13O+. The van der Waals surface area contributed by atoms with Crippen LogP contribution in [0.15, 0.2) is 60.7 Å². The van der Waals surface area contributed by atoms with Gasteiger partial charge in [0.25, 0.3) is 6.29 Å². The highest BCUT2D eigenvalue weighted by Gasteiger charge is 2.15. The van der Waals surface area contributed by atoms with Gasteiger partial charge in [0.15, 0.2) is 0 Å². The highest BCUT2D eigenvalue weighted by atomic mass is 16.1. The van der Waals surface area contributed by atoms with E-state index in [2.05, 4.69) is 0 Å². The second kappa shape index (κ2) is 4.56. The van der Waals surface area contributed by atoms with Crippen LogP contribution in [0, 0.1) is 0 Å². The predicted octanol–water partition coefficient (Wildman–Crippen LogP) is 2.99. The van der Waals surface area contributed by atoms with Gasteiger partial charge in [-0.2, -0.15) is 0 Å². The number of hydrogen-bond donors (Lipinski definition) is 0. The van der Waals surface area contributed by atoms with Crippen LogP contribution in [0.1, 0.15) is 17.0 Å². The van der Waals surface area contributed by atoms with Crippen LogP contribution in [0.5, 0.6) is 0 Å². The number of benzene rings is 2.